The maximum atomic E-state index is 12.1. The number of esters is 1. The molecule has 0 atom stereocenters. The monoisotopic (exact) mass is 383 g/mol. The fourth-order valence-corrected chi connectivity index (χ4v) is 3.02. The summed E-state index contributed by atoms with van der Waals surface area (Å²) in [5.41, 5.74) is 2.12. The van der Waals surface area contributed by atoms with Gasteiger partial charge in [0.25, 0.3) is 0 Å². The number of hydrogen-bond donors (Lipinski definition) is 0. The number of hydrogen-bond acceptors (Lipinski definition) is 6. The molecule has 2 aromatic carbocycles. The summed E-state index contributed by atoms with van der Waals surface area (Å²) in [6.07, 6.45) is 2.58. The lowest BCUT2D eigenvalue weighted by Gasteiger charge is -2.08. The molecule has 0 aliphatic carbocycles. The van der Waals surface area contributed by atoms with E-state index in [0.29, 0.717) is 17.5 Å². The number of aryl methyl sites for hydroxylation is 1. The Kier molecular flexibility index (Phi) is 6.49. The summed E-state index contributed by atoms with van der Waals surface area (Å²) in [5.74, 6) is 1.04. The van der Waals surface area contributed by atoms with Gasteiger partial charge in [0.2, 0.25) is 0 Å². The highest BCUT2D eigenvalue weighted by molar-refractivity contribution is 7.99. The zero-order valence-electron chi connectivity index (χ0n) is 15.3. The van der Waals surface area contributed by atoms with E-state index < -0.39 is 0 Å². The predicted octanol–water partition coefficient (Wildman–Crippen LogP) is 4.06. The Balaban J connectivity index is 1.55. The van der Waals surface area contributed by atoms with Crippen LogP contribution in [0.25, 0.3) is 5.69 Å². The maximum absolute atomic E-state index is 12.1. The van der Waals surface area contributed by atoms with Gasteiger partial charge in [-0.1, -0.05) is 36.4 Å². The molecule has 0 amide bonds. The first kappa shape index (κ1) is 19.0. The molecule has 140 valence electrons. The van der Waals surface area contributed by atoms with Crippen LogP contribution in [-0.2, 0) is 4.79 Å². The van der Waals surface area contributed by atoms with Crippen LogP contribution in [0.3, 0.4) is 0 Å². The summed E-state index contributed by atoms with van der Waals surface area (Å²) >= 11 is 1.28. The van der Waals surface area contributed by atoms with Gasteiger partial charge in [-0.05, 0) is 49.7 Å². The molecule has 6 nitrogen and oxygen atoms in total. The normalized spacial score (nSPS) is 10.6. The lowest BCUT2D eigenvalue weighted by Crippen LogP contribution is -2.11. The van der Waals surface area contributed by atoms with Crippen LogP contribution < -0.4 is 9.47 Å². The fourth-order valence-electron chi connectivity index (χ4n) is 2.31. The van der Waals surface area contributed by atoms with E-state index in [9.17, 15) is 4.79 Å². The second kappa shape index (κ2) is 9.23. The van der Waals surface area contributed by atoms with Crippen LogP contribution in [0.1, 0.15) is 18.9 Å². The minimum atomic E-state index is -0.347. The maximum Gasteiger partial charge on any atom is 0.321 e. The van der Waals surface area contributed by atoms with E-state index in [1.165, 1.54) is 17.3 Å². The second-order valence-electron chi connectivity index (χ2n) is 5.90. The molecule has 3 aromatic rings. The lowest BCUT2D eigenvalue weighted by molar-refractivity contribution is -0.131. The van der Waals surface area contributed by atoms with Crippen LogP contribution in [0, 0.1) is 6.92 Å². The Labute approximate surface area is 162 Å². The molecule has 3 rings (SSSR count). The van der Waals surface area contributed by atoms with E-state index in [4.69, 9.17) is 9.47 Å². The van der Waals surface area contributed by atoms with Crippen molar-refractivity contribution in [1.29, 1.82) is 0 Å². The first-order valence-corrected chi connectivity index (χ1v) is 9.67. The smallest absolute Gasteiger partial charge is 0.321 e. The van der Waals surface area contributed by atoms with Crippen LogP contribution in [0.2, 0.25) is 0 Å². The van der Waals surface area contributed by atoms with Gasteiger partial charge in [-0.2, -0.15) is 0 Å². The van der Waals surface area contributed by atoms with Crippen LogP contribution in [0.4, 0.5) is 0 Å². The minimum absolute atomic E-state index is 0.138. The van der Waals surface area contributed by atoms with E-state index >= 15 is 0 Å². The van der Waals surface area contributed by atoms with Crippen molar-refractivity contribution in [3.05, 3.63) is 60.4 Å². The van der Waals surface area contributed by atoms with Gasteiger partial charge in [0.05, 0.1) is 12.4 Å². The van der Waals surface area contributed by atoms with E-state index in [2.05, 4.69) is 10.2 Å². The van der Waals surface area contributed by atoms with Gasteiger partial charge in [0.15, 0.2) is 5.16 Å². The van der Waals surface area contributed by atoms with Gasteiger partial charge in [-0.15, -0.1) is 10.2 Å². The molecule has 0 spiro atoms. The molecule has 0 radical (unpaired) electrons. The summed E-state index contributed by atoms with van der Waals surface area (Å²) in [6.45, 7) is 4.75. The van der Waals surface area contributed by atoms with Crippen LogP contribution in [-0.4, -0.2) is 33.1 Å². The molecule has 0 N–H and O–H groups in total. The summed E-state index contributed by atoms with van der Waals surface area (Å²) in [4.78, 5) is 12.1. The van der Waals surface area contributed by atoms with Gasteiger partial charge in [0, 0.05) is 5.69 Å². The van der Waals surface area contributed by atoms with Crippen molar-refractivity contribution >= 4 is 17.7 Å². The van der Waals surface area contributed by atoms with Crippen LogP contribution in [0.5, 0.6) is 11.5 Å². The SMILES string of the molecule is CCCOc1ccc(OC(=O)CSc2nncn2-c2ccc(C)cc2)cc1. The van der Waals surface area contributed by atoms with E-state index in [1.807, 2.05) is 42.7 Å². The van der Waals surface area contributed by atoms with Crippen molar-refractivity contribution in [1.82, 2.24) is 14.8 Å². The molecule has 0 aliphatic heterocycles. The summed E-state index contributed by atoms with van der Waals surface area (Å²) in [7, 11) is 0. The molecule has 1 heterocycles. The third-order valence-corrected chi connectivity index (χ3v) is 4.59. The number of aromatic nitrogens is 3. The molecular formula is C20H21N3O3S. The first-order chi connectivity index (χ1) is 13.2. The summed E-state index contributed by atoms with van der Waals surface area (Å²) < 4.78 is 12.7. The lowest BCUT2D eigenvalue weighted by atomic mass is 10.2. The third kappa shape index (κ3) is 5.34. The number of ether oxygens (including phenoxy) is 2. The predicted molar refractivity (Wildman–Crippen MR) is 105 cm³/mol. The Morgan fingerprint density at radius 2 is 1.78 bits per heavy atom. The number of rotatable bonds is 8. The van der Waals surface area contributed by atoms with Crippen LogP contribution >= 0.6 is 11.8 Å². The highest BCUT2D eigenvalue weighted by Crippen LogP contribution is 2.22. The average Bonchev–Trinajstić information content (AvgIpc) is 3.15. The topological polar surface area (TPSA) is 66.2 Å². The molecule has 0 unspecified atom stereocenters. The highest BCUT2D eigenvalue weighted by atomic mass is 32.2. The van der Waals surface area contributed by atoms with Crippen molar-refractivity contribution in [3.63, 3.8) is 0 Å². The molecule has 1 aromatic heterocycles. The third-order valence-electron chi connectivity index (χ3n) is 3.68. The van der Waals surface area contributed by atoms with Gasteiger partial charge in [0.1, 0.15) is 17.8 Å². The Morgan fingerprint density at radius 3 is 2.48 bits per heavy atom. The largest absolute Gasteiger partial charge is 0.494 e. The van der Waals surface area contributed by atoms with Gasteiger partial charge < -0.3 is 9.47 Å². The quantitative estimate of drug-likeness (QED) is 0.332. The van der Waals surface area contributed by atoms with Crippen molar-refractivity contribution in [2.75, 3.05) is 12.4 Å². The molecule has 27 heavy (non-hydrogen) atoms. The highest BCUT2D eigenvalue weighted by Gasteiger charge is 2.12. The van der Waals surface area contributed by atoms with Crippen molar-refractivity contribution in [3.8, 4) is 17.2 Å². The van der Waals surface area contributed by atoms with Crippen LogP contribution in [0.15, 0.2) is 60.0 Å². The average molecular weight is 383 g/mol. The molecule has 0 saturated carbocycles. The van der Waals surface area contributed by atoms with E-state index in [1.54, 1.807) is 30.6 Å². The van der Waals surface area contributed by atoms with Gasteiger partial charge >= 0.3 is 5.97 Å². The van der Waals surface area contributed by atoms with Crippen molar-refractivity contribution in [2.24, 2.45) is 0 Å². The number of carbonyl (C=O) groups excluding carboxylic acids is 1. The number of thioether (sulfide) groups is 1. The summed E-state index contributed by atoms with van der Waals surface area (Å²) in [5, 5.41) is 8.67. The summed E-state index contributed by atoms with van der Waals surface area (Å²) in [6, 6.07) is 15.0. The zero-order valence-corrected chi connectivity index (χ0v) is 16.1. The van der Waals surface area contributed by atoms with Crippen molar-refractivity contribution < 1.29 is 14.3 Å². The molecule has 0 saturated heterocycles. The Bertz CT molecular complexity index is 876. The van der Waals surface area contributed by atoms with Gasteiger partial charge in [-0.3, -0.25) is 9.36 Å². The van der Waals surface area contributed by atoms with Crippen molar-refractivity contribution in [2.45, 2.75) is 25.4 Å². The zero-order chi connectivity index (χ0) is 19.1. The Morgan fingerprint density at radius 1 is 1.07 bits per heavy atom. The minimum Gasteiger partial charge on any atom is -0.494 e. The standard InChI is InChI=1S/C20H21N3O3S/c1-3-12-25-17-8-10-18(11-9-17)26-19(24)13-27-20-22-21-14-23(20)16-6-4-15(2)5-7-16/h4-11,14H,3,12-13H2,1-2H3. The Hall–Kier alpha value is -2.80. The first-order valence-electron chi connectivity index (χ1n) is 8.69. The molecule has 0 fully saturated rings. The van der Waals surface area contributed by atoms with E-state index in [0.717, 1.165) is 17.9 Å². The molecular weight excluding hydrogens is 362 g/mol. The second-order valence-corrected chi connectivity index (χ2v) is 6.84. The number of nitrogens with zero attached hydrogens (tertiary/aromatic N) is 3. The number of carbonyl (C=O) groups is 1. The fraction of sp³-hybridized carbons (Fsp3) is 0.250. The number of benzene rings is 2. The molecule has 0 aliphatic rings. The molecule has 0 bridgehead atoms. The van der Waals surface area contributed by atoms with Gasteiger partial charge in [-0.25, -0.2) is 0 Å². The van der Waals surface area contributed by atoms with E-state index in [-0.39, 0.29) is 11.7 Å². The molecule has 7 heteroatoms.